The highest BCUT2D eigenvalue weighted by Gasteiger charge is 2.04. The number of nitrogens with zero attached hydrogens (tertiary/aromatic N) is 1. The van der Waals surface area contributed by atoms with Crippen LogP contribution in [0.3, 0.4) is 0 Å². The Labute approximate surface area is 202 Å². The number of rotatable bonds is 8. The summed E-state index contributed by atoms with van der Waals surface area (Å²) in [4.78, 5) is 4.12. The molecule has 5 aromatic rings. The van der Waals surface area contributed by atoms with E-state index in [-0.39, 0.29) is 0 Å². The molecule has 1 heteroatoms. The summed E-state index contributed by atoms with van der Waals surface area (Å²) in [6.45, 7) is 0. The Morgan fingerprint density at radius 1 is 0.324 bits per heavy atom. The number of pyridine rings is 1. The predicted molar refractivity (Wildman–Crippen MR) is 141 cm³/mol. The number of hydrogen-bond acceptors (Lipinski definition) is 1. The fourth-order valence-corrected chi connectivity index (χ4v) is 4.59. The molecule has 0 unspecified atom stereocenters. The largest absolute Gasteiger partial charge is 0.265 e. The fraction of sp³-hybridized carbons (Fsp3) is 0.121. The maximum absolute atomic E-state index is 4.12. The maximum atomic E-state index is 4.12. The molecule has 0 atom stereocenters. The van der Waals surface area contributed by atoms with Crippen LogP contribution in [0.25, 0.3) is 0 Å². The molecule has 0 aliphatic carbocycles. The molecule has 0 saturated heterocycles. The molecule has 0 N–H and O–H groups in total. The average molecular weight is 440 g/mol. The molecule has 1 aromatic heterocycles. The quantitative estimate of drug-likeness (QED) is 0.245. The molecule has 0 aliphatic rings. The minimum absolute atomic E-state index is 0.940. The van der Waals surface area contributed by atoms with Crippen molar-refractivity contribution >= 4 is 0 Å². The SMILES string of the molecule is c1ccc(Cc2cccc(Cc3cccc(Cc4cccc(Cc5ccncc5)c4)c3)c2)cc1. The van der Waals surface area contributed by atoms with Crippen LogP contribution in [-0.2, 0) is 25.7 Å². The third-order valence-electron chi connectivity index (χ3n) is 6.20. The molecule has 34 heavy (non-hydrogen) atoms. The normalized spacial score (nSPS) is 10.8. The van der Waals surface area contributed by atoms with Crippen LogP contribution in [0.2, 0.25) is 0 Å². The van der Waals surface area contributed by atoms with E-state index in [1.54, 1.807) is 0 Å². The van der Waals surface area contributed by atoms with Gasteiger partial charge in [0.25, 0.3) is 0 Å². The summed E-state index contributed by atoms with van der Waals surface area (Å²) in [6.07, 6.45) is 7.55. The van der Waals surface area contributed by atoms with Gasteiger partial charge >= 0.3 is 0 Å². The van der Waals surface area contributed by atoms with Crippen LogP contribution >= 0.6 is 0 Å². The zero-order chi connectivity index (χ0) is 23.0. The van der Waals surface area contributed by atoms with Gasteiger partial charge in [0.15, 0.2) is 0 Å². The molecule has 0 spiro atoms. The van der Waals surface area contributed by atoms with Gasteiger partial charge in [0.2, 0.25) is 0 Å². The highest BCUT2D eigenvalue weighted by Crippen LogP contribution is 2.18. The third kappa shape index (κ3) is 6.08. The van der Waals surface area contributed by atoms with Crippen LogP contribution in [0.5, 0.6) is 0 Å². The molecule has 1 nitrogen and oxygen atoms in total. The Morgan fingerprint density at radius 2 is 0.647 bits per heavy atom. The van der Waals surface area contributed by atoms with Gasteiger partial charge in [0.05, 0.1) is 0 Å². The van der Waals surface area contributed by atoms with Crippen LogP contribution in [0.15, 0.2) is 128 Å². The zero-order valence-corrected chi connectivity index (χ0v) is 19.4. The van der Waals surface area contributed by atoms with Crippen LogP contribution in [0.1, 0.15) is 44.5 Å². The number of hydrogen-bond donors (Lipinski definition) is 0. The average Bonchev–Trinajstić information content (AvgIpc) is 2.86. The van der Waals surface area contributed by atoms with E-state index in [1.165, 1.54) is 44.5 Å². The molecule has 166 valence electrons. The van der Waals surface area contributed by atoms with Gasteiger partial charge in [-0.3, -0.25) is 4.98 Å². The molecule has 0 amide bonds. The summed E-state index contributed by atoms with van der Waals surface area (Å²) in [5.41, 5.74) is 10.8. The Balaban J connectivity index is 1.26. The lowest BCUT2D eigenvalue weighted by molar-refractivity contribution is 1.11. The van der Waals surface area contributed by atoms with Crippen molar-refractivity contribution in [3.8, 4) is 0 Å². The van der Waals surface area contributed by atoms with Gasteiger partial charge < -0.3 is 0 Å². The summed E-state index contributed by atoms with van der Waals surface area (Å²) in [7, 11) is 0. The van der Waals surface area contributed by atoms with Crippen molar-refractivity contribution in [1.29, 1.82) is 0 Å². The summed E-state index contributed by atoms with van der Waals surface area (Å²) in [5, 5.41) is 0. The minimum atomic E-state index is 0.940. The fourth-order valence-electron chi connectivity index (χ4n) is 4.59. The first-order valence-corrected chi connectivity index (χ1v) is 12.0. The first-order valence-electron chi connectivity index (χ1n) is 12.0. The van der Waals surface area contributed by atoms with Crippen molar-refractivity contribution in [2.75, 3.05) is 0 Å². The second-order valence-electron chi connectivity index (χ2n) is 9.01. The van der Waals surface area contributed by atoms with Crippen molar-refractivity contribution in [2.24, 2.45) is 0 Å². The molecule has 0 bridgehead atoms. The molecule has 0 radical (unpaired) electrons. The van der Waals surface area contributed by atoms with Crippen LogP contribution < -0.4 is 0 Å². The second kappa shape index (κ2) is 10.8. The van der Waals surface area contributed by atoms with Crippen molar-refractivity contribution < 1.29 is 0 Å². The number of aromatic nitrogens is 1. The Hall–Kier alpha value is -3.97. The first kappa shape index (κ1) is 21.9. The molecule has 0 fully saturated rings. The lowest BCUT2D eigenvalue weighted by atomic mass is 9.96. The van der Waals surface area contributed by atoms with Gasteiger partial charge in [0.1, 0.15) is 0 Å². The van der Waals surface area contributed by atoms with Gasteiger partial charge in [-0.15, -0.1) is 0 Å². The van der Waals surface area contributed by atoms with Crippen molar-refractivity contribution in [1.82, 2.24) is 4.98 Å². The summed E-state index contributed by atoms with van der Waals surface area (Å²) in [5.74, 6) is 0. The molecule has 0 saturated carbocycles. The van der Waals surface area contributed by atoms with Crippen LogP contribution in [-0.4, -0.2) is 4.98 Å². The van der Waals surface area contributed by atoms with Crippen molar-refractivity contribution in [3.63, 3.8) is 0 Å². The van der Waals surface area contributed by atoms with E-state index >= 15 is 0 Å². The monoisotopic (exact) mass is 439 g/mol. The molecular weight excluding hydrogens is 410 g/mol. The predicted octanol–water partition coefficient (Wildman–Crippen LogP) is 7.44. The van der Waals surface area contributed by atoms with Gasteiger partial charge in [-0.05, 0) is 82.3 Å². The molecule has 4 aromatic carbocycles. The highest BCUT2D eigenvalue weighted by molar-refractivity contribution is 5.37. The lowest BCUT2D eigenvalue weighted by Gasteiger charge is -2.09. The van der Waals surface area contributed by atoms with Crippen LogP contribution in [0, 0.1) is 0 Å². The Morgan fingerprint density at radius 3 is 1.06 bits per heavy atom. The van der Waals surface area contributed by atoms with Gasteiger partial charge in [0, 0.05) is 12.4 Å². The maximum Gasteiger partial charge on any atom is 0.0270 e. The van der Waals surface area contributed by atoms with Crippen molar-refractivity contribution in [2.45, 2.75) is 25.7 Å². The van der Waals surface area contributed by atoms with E-state index in [0.29, 0.717) is 0 Å². The highest BCUT2D eigenvalue weighted by atomic mass is 14.6. The molecule has 0 aliphatic heterocycles. The Kier molecular flexibility index (Phi) is 6.92. The standard InChI is InChI=1S/C33H29N/c1-2-7-26(8-3-1)19-28-9-4-11-30(21-28)23-32-13-6-14-33(25-32)24-31-12-5-10-29(22-31)20-27-15-17-34-18-16-27/h1-18,21-22,25H,19-20,23-24H2. The zero-order valence-electron chi connectivity index (χ0n) is 19.4. The van der Waals surface area contributed by atoms with E-state index in [1.807, 2.05) is 12.4 Å². The molecule has 1 heterocycles. The van der Waals surface area contributed by atoms with E-state index in [9.17, 15) is 0 Å². The van der Waals surface area contributed by atoms with E-state index in [2.05, 4.69) is 120 Å². The Bertz CT molecular complexity index is 1240. The van der Waals surface area contributed by atoms with Gasteiger partial charge in [-0.25, -0.2) is 0 Å². The lowest BCUT2D eigenvalue weighted by Crippen LogP contribution is -1.95. The van der Waals surface area contributed by atoms with Crippen LogP contribution in [0.4, 0.5) is 0 Å². The van der Waals surface area contributed by atoms with Gasteiger partial charge in [-0.2, -0.15) is 0 Å². The topological polar surface area (TPSA) is 12.9 Å². The summed E-state index contributed by atoms with van der Waals surface area (Å²) < 4.78 is 0. The van der Waals surface area contributed by atoms with Gasteiger partial charge in [-0.1, -0.05) is 103 Å². The third-order valence-corrected chi connectivity index (χ3v) is 6.20. The van der Waals surface area contributed by atoms with E-state index in [0.717, 1.165) is 25.7 Å². The first-order chi connectivity index (χ1) is 16.8. The summed E-state index contributed by atoms with van der Waals surface area (Å²) in [6, 6.07) is 41.9. The number of benzene rings is 4. The second-order valence-corrected chi connectivity index (χ2v) is 9.01. The smallest absolute Gasteiger partial charge is 0.0270 e. The van der Waals surface area contributed by atoms with E-state index in [4.69, 9.17) is 0 Å². The molecule has 5 rings (SSSR count). The van der Waals surface area contributed by atoms with E-state index < -0.39 is 0 Å². The summed E-state index contributed by atoms with van der Waals surface area (Å²) >= 11 is 0. The minimum Gasteiger partial charge on any atom is -0.265 e. The van der Waals surface area contributed by atoms with Crippen molar-refractivity contribution in [3.05, 3.63) is 172 Å². The molecular formula is C33H29N.